The van der Waals surface area contributed by atoms with Crippen molar-refractivity contribution in [1.82, 2.24) is 5.32 Å². The lowest BCUT2D eigenvalue weighted by Gasteiger charge is -2.14. The van der Waals surface area contributed by atoms with Crippen molar-refractivity contribution in [3.05, 3.63) is 28.2 Å². The number of nitrogens with one attached hydrogen (secondary N) is 1. The van der Waals surface area contributed by atoms with Crippen LogP contribution in [0.1, 0.15) is 45.2 Å². The molecule has 1 rings (SSSR count). The van der Waals surface area contributed by atoms with Crippen molar-refractivity contribution in [2.75, 3.05) is 13.7 Å². The minimum Gasteiger partial charge on any atom is -0.492 e. The topological polar surface area (TPSA) is 21.3 Å². The number of hydrogen-bond donors (Lipinski definition) is 1. The van der Waals surface area contributed by atoms with Crippen LogP contribution in [0.4, 0.5) is 0 Å². The highest BCUT2D eigenvalue weighted by Gasteiger charge is 2.07. The standard InChI is InChI=1S/C15H24BrNO/c1-11(2)6-5-9-18-15-8-7-13(10-14(15)16)12(3)17-4/h7-8,10-12,17H,5-6,9H2,1-4H3. The van der Waals surface area contributed by atoms with E-state index >= 15 is 0 Å². The zero-order chi connectivity index (χ0) is 13.5. The molecule has 1 aromatic rings. The fourth-order valence-corrected chi connectivity index (χ4v) is 2.25. The highest BCUT2D eigenvalue weighted by atomic mass is 79.9. The third-order valence-corrected chi connectivity index (χ3v) is 3.69. The van der Waals surface area contributed by atoms with Gasteiger partial charge in [0.1, 0.15) is 5.75 Å². The predicted molar refractivity (Wildman–Crippen MR) is 81.2 cm³/mol. The second-order valence-electron chi connectivity index (χ2n) is 5.08. The van der Waals surface area contributed by atoms with E-state index in [0.29, 0.717) is 6.04 Å². The Morgan fingerprint density at radius 2 is 2.00 bits per heavy atom. The van der Waals surface area contributed by atoms with Crippen molar-refractivity contribution < 1.29 is 4.74 Å². The van der Waals surface area contributed by atoms with Crippen LogP contribution in [-0.4, -0.2) is 13.7 Å². The summed E-state index contributed by atoms with van der Waals surface area (Å²) in [5, 5.41) is 3.23. The molecular formula is C15H24BrNO. The SMILES string of the molecule is CNC(C)c1ccc(OCCCC(C)C)c(Br)c1. The van der Waals surface area contributed by atoms with Crippen molar-refractivity contribution in [1.29, 1.82) is 0 Å². The van der Waals surface area contributed by atoms with E-state index in [2.05, 4.69) is 54.2 Å². The lowest BCUT2D eigenvalue weighted by atomic mass is 10.1. The van der Waals surface area contributed by atoms with Crippen molar-refractivity contribution in [2.24, 2.45) is 5.92 Å². The van der Waals surface area contributed by atoms with E-state index in [1.54, 1.807) is 0 Å². The largest absolute Gasteiger partial charge is 0.492 e. The summed E-state index contributed by atoms with van der Waals surface area (Å²) in [6, 6.07) is 6.64. The van der Waals surface area contributed by atoms with E-state index in [1.165, 1.54) is 12.0 Å². The lowest BCUT2D eigenvalue weighted by Crippen LogP contribution is -2.12. The maximum Gasteiger partial charge on any atom is 0.133 e. The Balaban J connectivity index is 2.52. The van der Waals surface area contributed by atoms with Crippen LogP contribution < -0.4 is 10.1 Å². The smallest absolute Gasteiger partial charge is 0.133 e. The first kappa shape index (κ1) is 15.5. The molecule has 0 aliphatic heterocycles. The van der Waals surface area contributed by atoms with Gasteiger partial charge in [0.05, 0.1) is 11.1 Å². The Bertz CT molecular complexity index is 366. The fourth-order valence-electron chi connectivity index (χ4n) is 1.74. The molecular weight excluding hydrogens is 290 g/mol. The normalized spacial score (nSPS) is 12.8. The molecule has 0 saturated heterocycles. The molecule has 0 saturated carbocycles. The monoisotopic (exact) mass is 313 g/mol. The van der Waals surface area contributed by atoms with Crippen LogP contribution in [0.3, 0.4) is 0 Å². The van der Waals surface area contributed by atoms with Gasteiger partial charge < -0.3 is 10.1 Å². The van der Waals surface area contributed by atoms with Gasteiger partial charge in [0.15, 0.2) is 0 Å². The number of rotatable bonds is 7. The van der Waals surface area contributed by atoms with Crippen LogP contribution in [0.15, 0.2) is 22.7 Å². The molecule has 0 radical (unpaired) electrons. The first-order chi connectivity index (χ1) is 8.54. The number of halogens is 1. The highest BCUT2D eigenvalue weighted by Crippen LogP contribution is 2.28. The average molecular weight is 314 g/mol. The maximum absolute atomic E-state index is 5.79. The summed E-state index contributed by atoms with van der Waals surface area (Å²) < 4.78 is 6.82. The van der Waals surface area contributed by atoms with Crippen LogP contribution in [0.2, 0.25) is 0 Å². The molecule has 3 heteroatoms. The van der Waals surface area contributed by atoms with Gasteiger partial charge in [-0.15, -0.1) is 0 Å². The van der Waals surface area contributed by atoms with E-state index in [4.69, 9.17) is 4.74 Å². The molecule has 18 heavy (non-hydrogen) atoms. The van der Waals surface area contributed by atoms with Gasteiger partial charge in [-0.25, -0.2) is 0 Å². The van der Waals surface area contributed by atoms with E-state index in [0.717, 1.165) is 29.2 Å². The Morgan fingerprint density at radius 1 is 1.28 bits per heavy atom. The van der Waals surface area contributed by atoms with Crippen molar-refractivity contribution >= 4 is 15.9 Å². The summed E-state index contributed by atoms with van der Waals surface area (Å²) in [6.07, 6.45) is 2.32. The van der Waals surface area contributed by atoms with E-state index in [1.807, 2.05) is 13.1 Å². The van der Waals surface area contributed by atoms with Gasteiger partial charge in [0.2, 0.25) is 0 Å². The van der Waals surface area contributed by atoms with Gasteiger partial charge >= 0.3 is 0 Å². The lowest BCUT2D eigenvalue weighted by molar-refractivity contribution is 0.296. The van der Waals surface area contributed by atoms with Crippen LogP contribution in [0.25, 0.3) is 0 Å². The first-order valence-electron chi connectivity index (χ1n) is 6.64. The van der Waals surface area contributed by atoms with Gasteiger partial charge in [0, 0.05) is 6.04 Å². The number of ether oxygens (including phenoxy) is 1. The second-order valence-corrected chi connectivity index (χ2v) is 5.94. The molecule has 0 aromatic heterocycles. The Kier molecular flexibility index (Phi) is 6.72. The predicted octanol–water partition coefficient (Wildman–Crippen LogP) is 4.54. The van der Waals surface area contributed by atoms with Crippen molar-refractivity contribution in [3.63, 3.8) is 0 Å². The van der Waals surface area contributed by atoms with Gasteiger partial charge in [-0.1, -0.05) is 19.9 Å². The van der Waals surface area contributed by atoms with Crippen LogP contribution in [0, 0.1) is 5.92 Å². The van der Waals surface area contributed by atoms with Gasteiger partial charge in [-0.3, -0.25) is 0 Å². The summed E-state index contributed by atoms with van der Waals surface area (Å²) in [4.78, 5) is 0. The minimum absolute atomic E-state index is 0.358. The molecule has 1 unspecified atom stereocenters. The molecule has 1 N–H and O–H groups in total. The maximum atomic E-state index is 5.79. The van der Waals surface area contributed by atoms with Crippen molar-refractivity contribution in [3.8, 4) is 5.75 Å². The molecule has 0 fully saturated rings. The molecule has 2 nitrogen and oxygen atoms in total. The second kappa shape index (κ2) is 7.80. The molecule has 0 aliphatic carbocycles. The fraction of sp³-hybridized carbons (Fsp3) is 0.600. The highest BCUT2D eigenvalue weighted by molar-refractivity contribution is 9.10. The van der Waals surface area contributed by atoms with Crippen molar-refractivity contribution in [2.45, 2.75) is 39.7 Å². The molecule has 102 valence electrons. The van der Waals surface area contributed by atoms with E-state index < -0.39 is 0 Å². The summed E-state index contributed by atoms with van der Waals surface area (Å²) in [5.74, 6) is 1.68. The molecule has 0 amide bonds. The Labute approximate surface area is 119 Å². The molecule has 1 aromatic carbocycles. The van der Waals surface area contributed by atoms with Crippen LogP contribution >= 0.6 is 15.9 Å². The first-order valence-corrected chi connectivity index (χ1v) is 7.43. The van der Waals surface area contributed by atoms with Crippen LogP contribution in [-0.2, 0) is 0 Å². The van der Waals surface area contributed by atoms with Gasteiger partial charge in [-0.2, -0.15) is 0 Å². The summed E-state index contributed by atoms with van der Waals surface area (Å²) >= 11 is 3.57. The zero-order valence-electron chi connectivity index (χ0n) is 11.8. The molecule has 0 spiro atoms. The summed E-state index contributed by atoms with van der Waals surface area (Å²) in [7, 11) is 1.97. The molecule has 1 atom stereocenters. The van der Waals surface area contributed by atoms with E-state index in [9.17, 15) is 0 Å². The average Bonchev–Trinajstić information content (AvgIpc) is 2.34. The Morgan fingerprint density at radius 3 is 2.56 bits per heavy atom. The number of hydrogen-bond acceptors (Lipinski definition) is 2. The molecule has 0 bridgehead atoms. The third kappa shape index (κ3) is 4.99. The van der Waals surface area contributed by atoms with Crippen LogP contribution in [0.5, 0.6) is 5.75 Å². The quantitative estimate of drug-likeness (QED) is 0.746. The van der Waals surface area contributed by atoms with E-state index in [-0.39, 0.29) is 0 Å². The number of benzene rings is 1. The summed E-state index contributed by atoms with van der Waals surface area (Å²) in [5.41, 5.74) is 1.26. The zero-order valence-corrected chi connectivity index (χ0v) is 13.4. The van der Waals surface area contributed by atoms with Gasteiger partial charge in [-0.05, 0) is 66.4 Å². The van der Waals surface area contributed by atoms with Gasteiger partial charge in [0.25, 0.3) is 0 Å². The summed E-state index contributed by atoms with van der Waals surface area (Å²) in [6.45, 7) is 7.41. The Hall–Kier alpha value is -0.540. The molecule has 0 aliphatic rings. The minimum atomic E-state index is 0.358. The third-order valence-electron chi connectivity index (χ3n) is 3.07. The molecule has 0 heterocycles.